The summed E-state index contributed by atoms with van der Waals surface area (Å²) in [6.45, 7) is 3.43. The van der Waals surface area contributed by atoms with E-state index in [1.807, 2.05) is 0 Å². The Balaban J connectivity index is 5.11. The molecule has 148 valence electrons. The number of aliphatic carboxylic acids is 1. The first-order chi connectivity index (χ1) is 12.0. The van der Waals surface area contributed by atoms with Gasteiger partial charge in [0.05, 0.1) is 6.04 Å². The molecule has 0 saturated carbocycles. The van der Waals surface area contributed by atoms with E-state index in [4.69, 9.17) is 22.3 Å². The summed E-state index contributed by atoms with van der Waals surface area (Å²) in [7, 11) is 0. The highest BCUT2D eigenvalue weighted by Crippen LogP contribution is 2.04. The summed E-state index contributed by atoms with van der Waals surface area (Å²) in [4.78, 5) is 57.4. The molecule has 0 bridgehead atoms. The van der Waals surface area contributed by atoms with Gasteiger partial charge in [0, 0.05) is 12.8 Å². The second-order valence-electron chi connectivity index (χ2n) is 6.24. The van der Waals surface area contributed by atoms with Crippen LogP contribution in [0.5, 0.6) is 0 Å². The van der Waals surface area contributed by atoms with E-state index in [9.17, 15) is 24.0 Å². The van der Waals surface area contributed by atoms with E-state index in [2.05, 4.69) is 10.6 Å². The van der Waals surface area contributed by atoms with Gasteiger partial charge in [0.2, 0.25) is 23.6 Å². The average molecular weight is 373 g/mol. The standard InChI is InChI=1S/C15H27N5O6/c1-7(2)12(18)14(24)19-8(3-5-10(16)21)13(23)20-9(15(25)26)4-6-11(17)22/h7-9,12H,3-6,18H2,1-2H3,(H2,16,21)(H2,17,22)(H,19,24)(H,20,23)(H,25,26). The molecule has 0 aromatic rings. The Labute approximate surface area is 151 Å². The van der Waals surface area contributed by atoms with Crippen LogP contribution in [0.3, 0.4) is 0 Å². The van der Waals surface area contributed by atoms with Crippen molar-refractivity contribution in [1.29, 1.82) is 0 Å². The summed E-state index contributed by atoms with van der Waals surface area (Å²) in [5.74, 6) is -4.41. The number of hydrogen-bond donors (Lipinski definition) is 6. The fourth-order valence-electron chi connectivity index (χ4n) is 1.94. The van der Waals surface area contributed by atoms with Crippen molar-refractivity contribution in [2.45, 2.75) is 57.7 Å². The van der Waals surface area contributed by atoms with Crippen molar-refractivity contribution in [2.24, 2.45) is 23.1 Å². The molecule has 0 aliphatic heterocycles. The van der Waals surface area contributed by atoms with Crippen LogP contribution in [0, 0.1) is 5.92 Å². The highest BCUT2D eigenvalue weighted by atomic mass is 16.4. The highest BCUT2D eigenvalue weighted by Gasteiger charge is 2.29. The average Bonchev–Trinajstić information content (AvgIpc) is 2.53. The maximum Gasteiger partial charge on any atom is 0.326 e. The van der Waals surface area contributed by atoms with E-state index in [-0.39, 0.29) is 31.6 Å². The number of carbonyl (C=O) groups excluding carboxylic acids is 4. The zero-order valence-electron chi connectivity index (χ0n) is 14.9. The second kappa shape index (κ2) is 11.0. The van der Waals surface area contributed by atoms with Crippen LogP contribution in [-0.4, -0.2) is 52.8 Å². The number of nitrogens with one attached hydrogen (secondary N) is 2. The summed E-state index contributed by atoms with van der Waals surface area (Å²) in [5, 5.41) is 13.7. The molecule has 0 rings (SSSR count). The van der Waals surface area contributed by atoms with E-state index >= 15 is 0 Å². The van der Waals surface area contributed by atoms with Crippen molar-refractivity contribution in [2.75, 3.05) is 0 Å². The number of primary amides is 2. The van der Waals surface area contributed by atoms with Crippen molar-refractivity contribution in [1.82, 2.24) is 10.6 Å². The zero-order valence-corrected chi connectivity index (χ0v) is 14.9. The molecule has 0 fully saturated rings. The first-order valence-electron chi connectivity index (χ1n) is 8.11. The fraction of sp³-hybridized carbons (Fsp3) is 0.667. The Kier molecular flexibility index (Phi) is 9.89. The van der Waals surface area contributed by atoms with Gasteiger partial charge in [0.1, 0.15) is 12.1 Å². The van der Waals surface area contributed by atoms with Gasteiger partial charge in [0.25, 0.3) is 0 Å². The van der Waals surface area contributed by atoms with Crippen LogP contribution in [0.1, 0.15) is 39.5 Å². The normalized spacial score (nSPS) is 14.2. The van der Waals surface area contributed by atoms with E-state index in [1.54, 1.807) is 13.8 Å². The fourth-order valence-corrected chi connectivity index (χ4v) is 1.94. The molecule has 3 unspecified atom stereocenters. The van der Waals surface area contributed by atoms with Crippen LogP contribution in [0.4, 0.5) is 0 Å². The van der Waals surface area contributed by atoms with Crippen LogP contribution in [0.15, 0.2) is 0 Å². The summed E-state index contributed by atoms with van der Waals surface area (Å²) in [6, 6.07) is -3.46. The topological polar surface area (TPSA) is 208 Å². The second-order valence-corrected chi connectivity index (χ2v) is 6.24. The van der Waals surface area contributed by atoms with Gasteiger partial charge in [-0.3, -0.25) is 19.2 Å². The summed E-state index contributed by atoms with van der Waals surface area (Å²) >= 11 is 0. The van der Waals surface area contributed by atoms with Gasteiger partial charge in [-0.25, -0.2) is 4.79 Å². The number of rotatable bonds is 12. The molecular weight excluding hydrogens is 346 g/mol. The van der Waals surface area contributed by atoms with Gasteiger partial charge in [-0.2, -0.15) is 0 Å². The molecule has 11 nitrogen and oxygen atoms in total. The number of amides is 4. The first-order valence-corrected chi connectivity index (χ1v) is 8.11. The number of carboxylic acid groups (broad SMARTS) is 1. The van der Waals surface area contributed by atoms with Crippen molar-refractivity contribution < 1.29 is 29.1 Å². The minimum atomic E-state index is -1.37. The molecule has 4 amide bonds. The lowest BCUT2D eigenvalue weighted by Crippen LogP contribution is -2.55. The van der Waals surface area contributed by atoms with Gasteiger partial charge in [-0.05, 0) is 18.8 Å². The largest absolute Gasteiger partial charge is 0.480 e. The van der Waals surface area contributed by atoms with E-state index in [0.717, 1.165) is 0 Å². The van der Waals surface area contributed by atoms with Crippen molar-refractivity contribution in [3.63, 3.8) is 0 Å². The van der Waals surface area contributed by atoms with Crippen molar-refractivity contribution in [3.05, 3.63) is 0 Å². The molecule has 0 aliphatic rings. The van der Waals surface area contributed by atoms with E-state index < -0.39 is 47.7 Å². The molecule has 0 aromatic carbocycles. The van der Waals surface area contributed by atoms with E-state index in [1.165, 1.54) is 0 Å². The number of carboxylic acids is 1. The van der Waals surface area contributed by atoms with Crippen LogP contribution in [0.25, 0.3) is 0 Å². The van der Waals surface area contributed by atoms with Crippen molar-refractivity contribution >= 4 is 29.6 Å². The number of hydrogen-bond acceptors (Lipinski definition) is 6. The third kappa shape index (κ3) is 8.97. The number of nitrogens with two attached hydrogens (primary N) is 3. The van der Waals surface area contributed by atoms with Gasteiger partial charge < -0.3 is 32.9 Å². The van der Waals surface area contributed by atoms with Gasteiger partial charge in [0.15, 0.2) is 0 Å². The maximum atomic E-state index is 12.3. The van der Waals surface area contributed by atoms with E-state index in [0.29, 0.717) is 0 Å². The lowest BCUT2D eigenvalue weighted by molar-refractivity contribution is -0.142. The Bertz CT molecular complexity index is 551. The first kappa shape index (κ1) is 23.3. The minimum Gasteiger partial charge on any atom is -0.480 e. The van der Waals surface area contributed by atoms with Crippen LogP contribution < -0.4 is 27.8 Å². The molecule has 0 aromatic heterocycles. The SMILES string of the molecule is CC(C)C(N)C(=O)NC(CCC(N)=O)C(=O)NC(CCC(N)=O)C(=O)O. The molecule has 3 atom stereocenters. The van der Waals surface area contributed by atoms with Crippen LogP contribution >= 0.6 is 0 Å². The molecule has 11 heteroatoms. The predicted molar refractivity (Wildman–Crippen MR) is 91.2 cm³/mol. The van der Waals surface area contributed by atoms with Crippen molar-refractivity contribution in [3.8, 4) is 0 Å². The smallest absolute Gasteiger partial charge is 0.326 e. The quantitative estimate of drug-likeness (QED) is 0.217. The van der Waals surface area contributed by atoms with Crippen LogP contribution in [0.2, 0.25) is 0 Å². The summed E-state index contributed by atoms with van der Waals surface area (Å²) < 4.78 is 0. The zero-order chi connectivity index (χ0) is 20.4. The lowest BCUT2D eigenvalue weighted by atomic mass is 10.0. The Hall–Kier alpha value is -2.69. The van der Waals surface area contributed by atoms with Gasteiger partial charge >= 0.3 is 5.97 Å². The third-order valence-electron chi connectivity index (χ3n) is 3.63. The molecule has 0 spiro atoms. The lowest BCUT2D eigenvalue weighted by Gasteiger charge is -2.23. The summed E-state index contributed by atoms with van der Waals surface area (Å²) in [6.07, 6.45) is -0.777. The van der Waals surface area contributed by atoms with Crippen LogP contribution in [-0.2, 0) is 24.0 Å². The van der Waals surface area contributed by atoms with Gasteiger partial charge in [-0.1, -0.05) is 13.8 Å². The number of carbonyl (C=O) groups is 5. The molecule has 0 heterocycles. The molecule has 0 radical (unpaired) electrons. The predicted octanol–water partition coefficient (Wildman–Crippen LogP) is -2.45. The molecule has 0 saturated heterocycles. The minimum absolute atomic E-state index is 0.125. The molecular formula is C15H27N5O6. The molecule has 9 N–H and O–H groups in total. The van der Waals surface area contributed by atoms with Gasteiger partial charge in [-0.15, -0.1) is 0 Å². The Morgan fingerprint density at radius 2 is 1.27 bits per heavy atom. The molecule has 0 aliphatic carbocycles. The third-order valence-corrected chi connectivity index (χ3v) is 3.63. The summed E-state index contributed by atoms with van der Waals surface area (Å²) in [5.41, 5.74) is 15.7. The Morgan fingerprint density at radius 1 is 0.846 bits per heavy atom. The maximum absolute atomic E-state index is 12.3. The highest BCUT2D eigenvalue weighted by molar-refractivity contribution is 5.92. The monoisotopic (exact) mass is 373 g/mol. The molecule has 26 heavy (non-hydrogen) atoms. The Morgan fingerprint density at radius 3 is 1.65 bits per heavy atom.